The minimum atomic E-state index is -1.12. The van der Waals surface area contributed by atoms with Crippen molar-refractivity contribution in [1.82, 2.24) is 20.2 Å². The Labute approximate surface area is 118 Å². The van der Waals surface area contributed by atoms with Crippen LogP contribution in [0.4, 0.5) is 4.79 Å². The summed E-state index contributed by atoms with van der Waals surface area (Å²) >= 11 is 3.18. The first-order valence-corrected chi connectivity index (χ1v) is 6.19. The number of amides is 2. The number of carboxylic acid groups (broad SMARTS) is 1. The van der Waals surface area contributed by atoms with Gasteiger partial charge in [0.1, 0.15) is 10.3 Å². The molecule has 0 aliphatic carbocycles. The zero-order valence-electron chi connectivity index (χ0n) is 10.8. The summed E-state index contributed by atoms with van der Waals surface area (Å²) < 4.78 is 1.91. The van der Waals surface area contributed by atoms with Crippen LogP contribution in [-0.2, 0) is 11.4 Å². The van der Waals surface area contributed by atoms with Crippen LogP contribution in [0.1, 0.15) is 17.4 Å². The normalized spacial score (nSPS) is 12.0. The minimum absolute atomic E-state index is 0.233. The summed E-state index contributed by atoms with van der Waals surface area (Å²) in [6.07, 6.45) is -1.12. The second-order valence-electron chi connectivity index (χ2n) is 3.87. The quantitative estimate of drug-likeness (QED) is 0.781. The fourth-order valence-electron chi connectivity index (χ4n) is 1.46. The van der Waals surface area contributed by atoms with Gasteiger partial charge in [-0.1, -0.05) is 0 Å². The first-order valence-electron chi connectivity index (χ1n) is 5.40. The van der Waals surface area contributed by atoms with Gasteiger partial charge in [-0.05, 0) is 22.9 Å². The Morgan fingerprint density at radius 3 is 2.84 bits per heavy atom. The molecule has 2 N–H and O–H groups in total. The zero-order valence-corrected chi connectivity index (χ0v) is 12.3. The third kappa shape index (κ3) is 4.21. The maximum atomic E-state index is 12.0. The average Bonchev–Trinajstić information content (AvgIpc) is 2.66. The maximum absolute atomic E-state index is 12.0. The first-order chi connectivity index (χ1) is 8.85. The summed E-state index contributed by atoms with van der Waals surface area (Å²) in [5, 5.41) is 16.1. The van der Waals surface area contributed by atoms with Crippen molar-refractivity contribution in [1.29, 1.82) is 0 Å². The van der Waals surface area contributed by atoms with E-state index in [1.165, 1.54) is 18.8 Å². The lowest BCUT2D eigenvalue weighted by molar-refractivity contribution is -0.0764. The molecule has 19 heavy (non-hydrogen) atoms. The summed E-state index contributed by atoms with van der Waals surface area (Å²) in [7, 11) is 2.86. The van der Waals surface area contributed by atoms with Gasteiger partial charge >= 0.3 is 6.09 Å². The molecule has 1 aromatic rings. The van der Waals surface area contributed by atoms with Crippen molar-refractivity contribution < 1.29 is 19.5 Å². The standard InChI is InChI=1S/C10H15BrN4O4/c1-6(12-10(17)18)5-15-7(4-8(11)13-15)9(16)14(2)19-3/h4,6,12H,5H2,1-3H3,(H,17,18). The minimum Gasteiger partial charge on any atom is -0.465 e. The molecule has 0 fully saturated rings. The highest BCUT2D eigenvalue weighted by Gasteiger charge is 2.20. The Morgan fingerprint density at radius 2 is 2.32 bits per heavy atom. The molecule has 2 amide bonds. The number of carbonyl (C=O) groups excluding carboxylic acids is 1. The van der Waals surface area contributed by atoms with Crippen LogP contribution < -0.4 is 5.32 Å². The van der Waals surface area contributed by atoms with Gasteiger partial charge in [0.05, 0.1) is 13.7 Å². The predicted molar refractivity (Wildman–Crippen MR) is 69.7 cm³/mol. The topological polar surface area (TPSA) is 96.7 Å². The summed E-state index contributed by atoms with van der Waals surface area (Å²) in [4.78, 5) is 27.3. The molecule has 1 atom stereocenters. The highest BCUT2D eigenvalue weighted by atomic mass is 79.9. The van der Waals surface area contributed by atoms with Crippen molar-refractivity contribution in [2.45, 2.75) is 19.5 Å². The molecule has 9 heteroatoms. The first kappa shape index (κ1) is 15.4. The van der Waals surface area contributed by atoms with Gasteiger partial charge in [0.15, 0.2) is 0 Å². The van der Waals surface area contributed by atoms with Crippen molar-refractivity contribution in [3.8, 4) is 0 Å². The maximum Gasteiger partial charge on any atom is 0.404 e. The lowest BCUT2D eigenvalue weighted by Gasteiger charge is -2.16. The number of rotatable bonds is 5. The smallest absolute Gasteiger partial charge is 0.404 e. The van der Waals surface area contributed by atoms with Gasteiger partial charge in [-0.25, -0.2) is 9.86 Å². The van der Waals surface area contributed by atoms with Gasteiger partial charge in [0.2, 0.25) is 0 Å². The molecule has 1 unspecified atom stereocenters. The number of carbonyl (C=O) groups is 2. The third-order valence-electron chi connectivity index (χ3n) is 2.35. The molecule has 0 aliphatic heterocycles. The van der Waals surface area contributed by atoms with Gasteiger partial charge in [0, 0.05) is 19.2 Å². The van der Waals surface area contributed by atoms with E-state index in [4.69, 9.17) is 9.94 Å². The van der Waals surface area contributed by atoms with E-state index in [0.717, 1.165) is 5.06 Å². The van der Waals surface area contributed by atoms with Crippen molar-refractivity contribution in [3.05, 3.63) is 16.4 Å². The summed E-state index contributed by atoms with van der Waals surface area (Å²) in [5.41, 5.74) is 0.301. The number of hydroxylamine groups is 2. The number of hydrogen-bond acceptors (Lipinski definition) is 4. The summed E-state index contributed by atoms with van der Waals surface area (Å²) in [6, 6.07) is 1.16. The Bertz CT molecular complexity index is 476. The van der Waals surface area contributed by atoms with Gasteiger partial charge in [0.25, 0.3) is 5.91 Å². The van der Waals surface area contributed by atoms with Crippen LogP contribution in [0.25, 0.3) is 0 Å². The molecule has 1 heterocycles. The average molecular weight is 335 g/mol. The van der Waals surface area contributed by atoms with E-state index in [1.807, 2.05) is 0 Å². The lowest BCUT2D eigenvalue weighted by Crippen LogP contribution is -2.36. The molecule has 0 radical (unpaired) electrons. The molecule has 1 aromatic heterocycles. The second kappa shape index (κ2) is 6.53. The lowest BCUT2D eigenvalue weighted by atomic mass is 10.3. The van der Waals surface area contributed by atoms with E-state index >= 15 is 0 Å². The summed E-state index contributed by atoms with van der Waals surface area (Å²) in [5.74, 6) is -0.372. The van der Waals surface area contributed by atoms with E-state index in [-0.39, 0.29) is 18.5 Å². The zero-order chi connectivity index (χ0) is 14.6. The molecule has 0 saturated carbocycles. The number of hydrogen-bond donors (Lipinski definition) is 2. The van der Waals surface area contributed by atoms with Gasteiger partial charge in [-0.3, -0.25) is 14.3 Å². The molecule has 0 spiro atoms. The molecule has 8 nitrogen and oxygen atoms in total. The van der Waals surface area contributed by atoms with E-state index in [9.17, 15) is 9.59 Å². The predicted octanol–water partition coefficient (Wildman–Crippen LogP) is 0.935. The molecule has 0 saturated heterocycles. The largest absolute Gasteiger partial charge is 0.465 e. The SMILES string of the molecule is CON(C)C(=O)c1cc(Br)nn1CC(C)NC(=O)O. The highest BCUT2D eigenvalue weighted by molar-refractivity contribution is 9.10. The van der Waals surface area contributed by atoms with Crippen LogP contribution in [0.5, 0.6) is 0 Å². The van der Waals surface area contributed by atoms with Crippen molar-refractivity contribution in [2.75, 3.05) is 14.2 Å². The van der Waals surface area contributed by atoms with Crippen LogP contribution in [0.2, 0.25) is 0 Å². The molecule has 0 aromatic carbocycles. The molecule has 106 valence electrons. The van der Waals surface area contributed by atoms with Crippen molar-refractivity contribution >= 4 is 27.9 Å². The molecular weight excluding hydrogens is 320 g/mol. The van der Waals surface area contributed by atoms with E-state index in [0.29, 0.717) is 10.3 Å². The van der Waals surface area contributed by atoms with Crippen LogP contribution >= 0.6 is 15.9 Å². The molecule has 1 rings (SSSR count). The fourth-order valence-corrected chi connectivity index (χ4v) is 1.87. The van der Waals surface area contributed by atoms with Crippen LogP contribution in [-0.4, -0.2) is 52.1 Å². The Kier molecular flexibility index (Phi) is 5.31. The number of nitrogens with zero attached hydrogens (tertiary/aromatic N) is 3. The third-order valence-corrected chi connectivity index (χ3v) is 2.73. The van der Waals surface area contributed by atoms with Crippen LogP contribution in [0.3, 0.4) is 0 Å². The number of aromatic nitrogens is 2. The van der Waals surface area contributed by atoms with Gasteiger partial charge in [-0.2, -0.15) is 5.10 Å². The van der Waals surface area contributed by atoms with E-state index in [2.05, 4.69) is 26.3 Å². The Morgan fingerprint density at radius 1 is 1.68 bits per heavy atom. The summed E-state index contributed by atoms with van der Waals surface area (Å²) in [6.45, 7) is 1.91. The fraction of sp³-hybridized carbons (Fsp3) is 0.500. The molecule has 0 aliphatic rings. The van der Waals surface area contributed by atoms with Crippen LogP contribution in [0.15, 0.2) is 10.7 Å². The Balaban J connectivity index is 2.89. The van der Waals surface area contributed by atoms with Gasteiger partial charge < -0.3 is 10.4 Å². The van der Waals surface area contributed by atoms with Crippen LogP contribution in [0, 0.1) is 0 Å². The molecular formula is C10H15BrN4O4. The second-order valence-corrected chi connectivity index (χ2v) is 4.68. The van der Waals surface area contributed by atoms with Crippen molar-refractivity contribution in [3.63, 3.8) is 0 Å². The van der Waals surface area contributed by atoms with Crippen molar-refractivity contribution in [2.24, 2.45) is 0 Å². The molecule has 0 bridgehead atoms. The number of nitrogens with one attached hydrogen (secondary N) is 1. The van der Waals surface area contributed by atoms with E-state index in [1.54, 1.807) is 13.0 Å². The highest BCUT2D eigenvalue weighted by Crippen LogP contribution is 2.13. The monoisotopic (exact) mass is 334 g/mol. The number of halogens is 1. The van der Waals surface area contributed by atoms with Gasteiger partial charge in [-0.15, -0.1) is 0 Å². The van der Waals surface area contributed by atoms with E-state index < -0.39 is 6.09 Å². The Hall–Kier alpha value is -1.61.